The molecule has 0 unspecified atom stereocenters. The number of hydrogen-bond acceptors (Lipinski definition) is 4. The maximum Gasteiger partial charge on any atom is 0.191 e. The Labute approximate surface area is 200 Å². The van der Waals surface area contributed by atoms with Gasteiger partial charge in [-0.15, -0.1) is 35.7 Å². The zero-order valence-corrected chi connectivity index (χ0v) is 21.0. The number of hydrogen-bond donors (Lipinski definition) is 2. The topological polar surface area (TPSA) is 67.1 Å². The zero-order valence-electron chi connectivity index (χ0n) is 17.8. The van der Waals surface area contributed by atoms with Crippen LogP contribution in [0.5, 0.6) is 0 Å². The van der Waals surface area contributed by atoms with E-state index in [9.17, 15) is 0 Å². The molecule has 0 amide bonds. The molecule has 2 heterocycles. The number of pyridine rings is 1. The van der Waals surface area contributed by atoms with Gasteiger partial charge in [-0.05, 0) is 55.9 Å². The zero-order chi connectivity index (χ0) is 20.6. The van der Waals surface area contributed by atoms with Crippen LogP contribution in [0.1, 0.15) is 29.4 Å². The maximum atomic E-state index is 4.71. The first kappa shape index (κ1) is 24.2. The van der Waals surface area contributed by atoms with E-state index in [0.29, 0.717) is 6.54 Å². The molecule has 0 radical (unpaired) electrons. The summed E-state index contributed by atoms with van der Waals surface area (Å²) in [5.74, 6) is 2.58. The molecule has 0 aliphatic rings. The van der Waals surface area contributed by atoms with Gasteiger partial charge in [0.15, 0.2) is 5.96 Å². The van der Waals surface area contributed by atoms with E-state index in [0.717, 1.165) is 36.3 Å². The summed E-state index contributed by atoms with van der Waals surface area (Å²) in [4.78, 5) is 14.8. The standard InChI is InChI=1S/C22H28N6S.HI/c1-5-23-22(27-15-19-8-6-16(2)12-20(19)29-4)26-14-18-7-9-21(25-13-18)28-11-10-24-17(28)3;/h6-13H,5,14-15H2,1-4H3,(H2,23,26,27);1H. The second-order valence-corrected chi connectivity index (χ2v) is 7.58. The number of aryl methyl sites for hydroxylation is 2. The van der Waals surface area contributed by atoms with Crippen LogP contribution in [0.3, 0.4) is 0 Å². The van der Waals surface area contributed by atoms with Crippen molar-refractivity contribution < 1.29 is 0 Å². The quantitative estimate of drug-likeness (QED) is 0.202. The van der Waals surface area contributed by atoms with Gasteiger partial charge in [0.25, 0.3) is 0 Å². The first-order valence-electron chi connectivity index (χ1n) is 9.71. The van der Waals surface area contributed by atoms with E-state index >= 15 is 0 Å². The molecule has 0 bridgehead atoms. The van der Waals surface area contributed by atoms with E-state index in [4.69, 9.17) is 4.99 Å². The van der Waals surface area contributed by atoms with Gasteiger partial charge in [-0.2, -0.15) is 0 Å². The Bertz CT molecular complexity index is 968. The van der Waals surface area contributed by atoms with Gasteiger partial charge in [-0.1, -0.05) is 18.2 Å². The molecule has 2 N–H and O–H groups in total. The number of thioether (sulfide) groups is 1. The number of nitrogens with one attached hydrogen (secondary N) is 2. The van der Waals surface area contributed by atoms with Crippen molar-refractivity contribution in [2.24, 2.45) is 4.99 Å². The number of aromatic nitrogens is 3. The fourth-order valence-corrected chi connectivity index (χ4v) is 3.67. The van der Waals surface area contributed by atoms with E-state index < -0.39 is 0 Å². The Hall–Kier alpha value is -2.07. The Kier molecular flexibility index (Phi) is 9.64. The molecule has 3 aromatic rings. The minimum Gasteiger partial charge on any atom is -0.357 e. The molecule has 6 nitrogen and oxygen atoms in total. The molecular formula is C22H29IN6S. The number of nitrogens with zero attached hydrogens (tertiary/aromatic N) is 4. The first-order chi connectivity index (χ1) is 14.1. The van der Waals surface area contributed by atoms with Crippen LogP contribution < -0.4 is 10.6 Å². The lowest BCUT2D eigenvalue weighted by Gasteiger charge is -2.14. The predicted molar refractivity (Wildman–Crippen MR) is 136 cm³/mol. The minimum atomic E-state index is 0. The molecule has 1 aromatic carbocycles. The second kappa shape index (κ2) is 11.9. The van der Waals surface area contributed by atoms with Gasteiger partial charge in [0.05, 0.1) is 6.54 Å². The fraction of sp³-hybridized carbons (Fsp3) is 0.318. The van der Waals surface area contributed by atoms with E-state index in [-0.39, 0.29) is 24.0 Å². The molecule has 0 aliphatic carbocycles. The summed E-state index contributed by atoms with van der Waals surface area (Å²) in [6.07, 6.45) is 7.67. The van der Waals surface area contributed by atoms with Crippen LogP contribution in [0.2, 0.25) is 0 Å². The SMILES string of the molecule is CCNC(=NCc1ccc(-n2ccnc2C)nc1)NCc1ccc(C)cc1SC.I. The summed E-state index contributed by atoms with van der Waals surface area (Å²) in [7, 11) is 0. The third-order valence-corrected chi connectivity index (χ3v) is 5.35. The van der Waals surface area contributed by atoms with Crippen LogP contribution in [0.25, 0.3) is 5.82 Å². The molecule has 3 rings (SSSR count). The summed E-state index contributed by atoms with van der Waals surface area (Å²) in [5, 5.41) is 6.75. The smallest absolute Gasteiger partial charge is 0.191 e. The highest BCUT2D eigenvalue weighted by Gasteiger charge is 2.05. The summed E-state index contributed by atoms with van der Waals surface area (Å²) in [6.45, 7) is 8.27. The summed E-state index contributed by atoms with van der Waals surface area (Å²) >= 11 is 1.77. The van der Waals surface area contributed by atoms with Crippen LogP contribution in [0.4, 0.5) is 0 Å². The Morgan fingerprint density at radius 3 is 2.60 bits per heavy atom. The van der Waals surface area contributed by atoms with Gasteiger partial charge >= 0.3 is 0 Å². The molecule has 0 fully saturated rings. The number of aliphatic imine (C=N–C) groups is 1. The lowest BCUT2D eigenvalue weighted by molar-refractivity contribution is 0.806. The van der Waals surface area contributed by atoms with Gasteiger partial charge < -0.3 is 10.6 Å². The fourth-order valence-electron chi connectivity index (χ4n) is 2.96. The minimum absolute atomic E-state index is 0. The third kappa shape index (κ3) is 6.46. The van der Waals surface area contributed by atoms with Crippen molar-refractivity contribution in [3.05, 3.63) is 71.4 Å². The van der Waals surface area contributed by atoms with Gasteiger partial charge in [-0.3, -0.25) is 4.57 Å². The van der Waals surface area contributed by atoms with Crippen molar-refractivity contribution in [1.82, 2.24) is 25.2 Å². The number of imidazole rings is 1. The molecule has 160 valence electrons. The molecule has 0 atom stereocenters. The van der Waals surface area contributed by atoms with Crippen molar-refractivity contribution in [1.29, 1.82) is 0 Å². The normalized spacial score (nSPS) is 11.1. The Morgan fingerprint density at radius 1 is 1.13 bits per heavy atom. The molecular weight excluding hydrogens is 507 g/mol. The van der Waals surface area contributed by atoms with Crippen LogP contribution in [0.15, 0.2) is 58.8 Å². The van der Waals surface area contributed by atoms with Crippen LogP contribution >= 0.6 is 35.7 Å². The molecule has 2 aromatic heterocycles. The highest BCUT2D eigenvalue weighted by Crippen LogP contribution is 2.21. The number of benzene rings is 1. The predicted octanol–water partition coefficient (Wildman–Crippen LogP) is 4.48. The van der Waals surface area contributed by atoms with E-state index in [1.165, 1.54) is 16.0 Å². The van der Waals surface area contributed by atoms with Gasteiger partial charge in [-0.25, -0.2) is 15.0 Å². The number of guanidine groups is 1. The average molecular weight is 536 g/mol. The lowest BCUT2D eigenvalue weighted by Crippen LogP contribution is -2.36. The van der Waals surface area contributed by atoms with Crippen molar-refractivity contribution in [3.8, 4) is 5.82 Å². The van der Waals surface area contributed by atoms with E-state index in [1.54, 1.807) is 18.0 Å². The largest absolute Gasteiger partial charge is 0.357 e. The Balaban J connectivity index is 0.00000320. The second-order valence-electron chi connectivity index (χ2n) is 6.73. The monoisotopic (exact) mass is 536 g/mol. The molecule has 0 aliphatic heterocycles. The van der Waals surface area contributed by atoms with Gasteiger partial charge in [0.2, 0.25) is 0 Å². The number of halogens is 1. The van der Waals surface area contributed by atoms with Crippen LogP contribution in [-0.2, 0) is 13.1 Å². The molecule has 8 heteroatoms. The van der Waals surface area contributed by atoms with Crippen molar-refractivity contribution in [3.63, 3.8) is 0 Å². The first-order valence-corrected chi connectivity index (χ1v) is 10.9. The van der Waals surface area contributed by atoms with Crippen LogP contribution in [-0.4, -0.2) is 33.3 Å². The maximum absolute atomic E-state index is 4.71. The third-order valence-electron chi connectivity index (χ3n) is 4.53. The lowest BCUT2D eigenvalue weighted by atomic mass is 10.1. The average Bonchev–Trinajstić information content (AvgIpc) is 3.17. The highest BCUT2D eigenvalue weighted by molar-refractivity contribution is 14.0. The summed E-state index contributed by atoms with van der Waals surface area (Å²) in [6, 6.07) is 10.6. The van der Waals surface area contributed by atoms with Crippen molar-refractivity contribution >= 4 is 41.7 Å². The molecule has 0 saturated heterocycles. The summed E-state index contributed by atoms with van der Waals surface area (Å²) < 4.78 is 1.96. The van der Waals surface area contributed by atoms with Crippen molar-refractivity contribution in [2.45, 2.75) is 38.8 Å². The highest BCUT2D eigenvalue weighted by atomic mass is 127. The van der Waals surface area contributed by atoms with Gasteiger partial charge in [0, 0.05) is 36.6 Å². The van der Waals surface area contributed by atoms with Crippen LogP contribution in [0, 0.1) is 13.8 Å². The number of rotatable bonds is 7. The van der Waals surface area contributed by atoms with E-state index in [1.807, 2.05) is 30.0 Å². The van der Waals surface area contributed by atoms with Gasteiger partial charge in [0.1, 0.15) is 11.6 Å². The molecule has 0 saturated carbocycles. The summed E-state index contributed by atoms with van der Waals surface area (Å²) in [5.41, 5.74) is 3.61. The molecule has 30 heavy (non-hydrogen) atoms. The van der Waals surface area contributed by atoms with E-state index in [2.05, 4.69) is 65.0 Å². The molecule has 0 spiro atoms. The van der Waals surface area contributed by atoms with Crippen molar-refractivity contribution in [2.75, 3.05) is 12.8 Å². The Morgan fingerprint density at radius 2 is 1.97 bits per heavy atom.